The molecular formula is C24H38N2O5. The molecule has 1 aromatic rings. The lowest BCUT2D eigenvalue weighted by atomic mass is 9.90. The molecule has 0 aliphatic rings. The molecule has 0 atom stereocenters. The molecule has 1 aromatic heterocycles. The first-order valence-electron chi connectivity index (χ1n) is 10.8. The van der Waals surface area contributed by atoms with Gasteiger partial charge in [-0.1, -0.05) is 6.07 Å². The van der Waals surface area contributed by atoms with E-state index in [-0.39, 0.29) is 37.6 Å². The topological polar surface area (TPSA) is 91.6 Å². The Morgan fingerprint density at radius 1 is 1.00 bits per heavy atom. The van der Waals surface area contributed by atoms with E-state index in [4.69, 9.17) is 9.47 Å². The molecule has 0 radical (unpaired) electrons. The summed E-state index contributed by atoms with van der Waals surface area (Å²) in [7, 11) is 0. The number of pyridine rings is 1. The second-order valence-corrected chi connectivity index (χ2v) is 10.1. The molecule has 0 bridgehead atoms. The maximum absolute atomic E-state index is 13.0. The first-order valence-corrected chi connectivity index (χ1v) is 10.8. The number of hydroxylamine groups is 1. The van der Waals surface area contributed by atoms with Gasteiger partial charge in [-0.2, -0.15) is 0 Å². The Labute approximate surface area is 186 Å². The summed E-state index contributed by atoms with van der Waals surface area (Å²) in [4.78, 5) is 28.5. The summed E-state index contributed by atoms with van der Waals surface area (Å²) in [6.45, 7) is 12.6. The monoisotopic (exact) mass is 434 g/mol. The third-order valence-electron chi connectivity index (χ3n) is 4.56. The van der Waals surface area contributed by atoms with Gasteiger partial charge in [0, 0.05) is 38.6 Å². The van der Waals surface area contributed by atoms with Crippen LogP contribution in [0.3, 0.4) is 0 Å². The number of rotatable bonds is 10. The zero-order valence-corrected chi connectivity index (χ0v) is 20.1. The van der Waals surface area contributed by atoms with Gasteiger partial charge in [-0.15, -0.1) is 0 Å². The van der Waals surface area contributed by atoms with Crippen molar-refractivity contribution in [1.29, 1.82) is 0 Å². The molecule has 7 heteroatoms. The number of esters is 2. The van der Waals surface area contributed by atoms with Gasteiger partial charge in [0.2, 0.25) is 0 Å². The van der Waals surface area contributed by atoms with E-state index >= 15 is 0 Å². The molecule has 0 aromatic carbocycles. The minimum atomic E-state index is -0.928. The van der Waals surface area contributed by atoms with Gasteiger partial charge in [0.25, 0.3) is 0 Å². The molecule has 1 rings (SSSR count). The summed E-state index contributed by atoms with van der Waals surface area (Å²) in [5.74, 6) is -0.723. The van der Waals surface area contributed by atoms with Gasteiger partial charge < -0.3 is 14.7 Å². The van der Waals surface area contributed by atoms with Crippen LogP contribution in [0.4, 0.5) is 0 Å². The lowest BCUT2D eigenvalue weighted by Gasteiger charge is -2.29. The molecule has 1 heterocycles. The first kappa shape index (κ1) is 26.6. The number of aryl methyl sites for hydroxylation is 1. The van der Waals surface area contributed by atoms with E-state index in [1.54, 1.807) is 67.1 Å². The third kappa shape index (κ3) is 11.5. The normalized spacial score (nSPS) is 13.1. The molecule has 0 saturated carbocycles. The molecule has 0 aliphatic carbocycles. The molecule has 31 heavy (non-hydrogen) atoms. The SMILES string of the molecule is CC(C)(C)OC(=O)CCC(C)(CCC(=O)OC(C)(C)C)/[N+]([O-])=C/CCc1cccnc1. The number of ether oxygens (including phenoxy) is 2. The van der Waals surface area contributed by atoms with Gasteiger partial charge in [-0.05, 0) is 59.6 Å². The van der Waals surface area contributed by atoms with E-state index in [9.17, 15) is 14.8 Å². The average molecular weight is 435 g/mol. The maximum Gasteiger partial charge on any atom is 0.306 e. The van der Waals surface area contributed by atoms with Crippen molar-refractivity contribution in [1.82, 2.24) is 4.98 Å². The summed E-state index contributed by atoms with van der Waals surface area (Å²) in [6, 6.07) is 3.82. The Kier molecular flexibility index (Phi) is 9.66. The van der Waals surface area contributed by atoms with Crippen LogP contribution < -0.4 is 0 Å². The van der Waals surface area contributed by atoms with Crippen LogP contribution in [-0.2, 0) is 25.5 Å². The zero-order chi connectivity index (χ0) is 23.7. The van der Waals surface area contributed by atoms with Crippen molar-refractivity contribution in [3.63, 3.8) is 0 Å². The van der Waals surface area contributed by atoms with E-state index < -0.39 is 16.7 Å². The van der Waals surface area contributed by atoms with Crippen molar-refractivity contribution >= 4 is 18.2 Å². The Hall–Kier alpha value is -2.44. The summed E-state index contributed by atoms with van der Waals surface area (Å²) < 4.78 is 11.6. The van der Waals surface area contributed by atoms with Crippen molar-refractivity contribution in [2.24, 2.45) is 0 Å². The van der Waals surface area contributed by atoms with Crippen molar-refractivity contribution in [3.05, 3.63) is 35.3 Å². The Balaban J connectivity index is 2.84. The van der Waals surface area contributed by atoms with Crippen LogP contribution in [0, 0.1) is 5.21 Å². The van der Waals surface area contributed by atoms with E-state index in [2.05, 4.69) is 4.98 Å². The lowest BCUT2D eigenvalue weighted by Crippen LogP contribution is -2.39. The van der Waals surface area contributed by atoms with Gasteiger partial charge in [-0.3, -0.25) is 14.6 Å². The molecule has 0 unspecified atom stereocenters. The molecule has 0 amide bonds. The van der Waals surface area contributed by atoms with Crippen LogP contribution in [-0.4, -0.2) is 44.6 Å². The predicted molar refractivity (Wildman–Crippen MR) is 121 cm³/mol. The molecular weight excluding hydrogens is 396 g/mol. The predicted octanol–water partition coefficient (Wildman–Crippen LogP) is 4.60. The van der Waals surface area contributed by atoms with Crippen LogP contribution in [0.15, 0.2) is 24.5 Å². The second-order valence-electron chi connectivity index (χ2n) is 10.1. The number of carbonyl (C=O) groups excluding carboxylic acids is 2. The fraction of sp³-hybridized carbons (Fsp3) is 0.667. The van der Waals surface area contributed by atoms with Crippen LogP contribution in [0.5, 0.6) is 0 Å². The zero-order valence-electron chi connectivity index (χ0n) is 20.1. The van der Waals surface area contributed by atoms with Crippen molar-refractivity contribution < 1.29 is 23.8 Å². The highest BCUT2D eigenvalue weighted by atomic mass is 16.6. The van der Waals surface area contributed by atoms with Gasteiger partial charge in [0.1, 0.15) is 11.2 Å². The molecule has 7 nitrogen and oxygen atoms in total. The van der Waals surface area contributed by atoms with E-state index in [1.165, 1.54) is 0 Å². The Morgan fingerprint density at radius 3 is 1.94 bits per heavy atom. The van der Waals surface area contributed by atoms with Gasteiger partial charge in [-0.25, -0.2) is 4.74 Å². The number of hydrogen-bond acceptors (Lipinski definition) is 6. The van der Waals surface area contributed by atoms with Gasteiger partial charge in [0.05, 0.1) is 12.8 Å². The van der Waals surface area contributed by atoms with Gasteiger partial charge in [0.15, 0.2) is 11.8 Å². The lowest BCUT2D eigenvalue weighted by molar-refractivity contribution is -0.545. The highest BCUT2D eigenvalue weighted by Gasteiger charge is 2.35. The average Bonchev–Trinajstić information content (AvgIpc) is 2.63. The summed E-state index contributed by atoms with van der Waals surface area (Å²) in [6.07, 6.45) is 7.01. The Morgan fingerprint density at radius 2 is 1.52 bits per heavy atom. The van der Waals surface area contributed by atoms with E-state index in [0.29, 0.717) is 12.8 Å². The number of hydrogen-bond donors (Lipinski definition) is 0. The number of aromatic nitrogens is 1. The largest absolute Gasteiger partial charge is 0.624 e. The summed E-state index contributed by atoms with van der Waals surface area (Å²) in [5.41, 5.74) is -1.06. The van der Waals surface area contributed by atoms with Crippen molar-refractivity contribution in [3.8, 4) is 0 Å². The van der Waals surface area contributed by atoms with Crippen LogP contribution in [0.2, 0.25) is 0 Å². The van der Waals surface area contributed by atoms with Crippen LogP contribution in [0.1, 0.15) is 86.1 Å². The molecule has 0 fully saturated rings. The first-order chi connectivity index (χ1) is 14.2. The van der Waals surface area contributed by atoms with E-state index in [0.717, 1.165) is 10.3 Å². The molecule has 0 saturated heterocycles. The summed E-state index contributed by atoms with van der Waals surface area (Å²) >= 11 is 0. The van der Waals surface area contributed by atoms with Crippen LogP contribution >= 0.6 is 0 Å². The van der Waals surface area contributed by atoms with Crippen LogP contribution in [0.25, 0.3) is 0 Å². The highest BCUT2D eigenvalue weighted by molar-refractivity contribution is 5.70. The summed E-state index contributed by atoms with van der Waals surface area (Å²) in [5, 5.41) is 13.0. The maximum atomic E-state index is 13.0. The highest BCUT2D eigenvalue weighted by Crippen LogP contribution is 2.25. The minimum Gasteiger partial charge on any atom is -0.624 e. The fourth-order valence-corrected chi connectivity index (χ4v) is 2.99. The number of carbonyl (C=O) groups is 2. The van der Waals surface area contributed by atoms with Gasteiger partial charge >= 0.3 is 11.9 Å². The molecule has 0 N–H and O–H groups in total. The fourth-order valence-electron chi connectivity index (χ4n) is 2.99. The number of nitrogens with zero attached hydrogens (tertiary/aromatic N) is 2. The van der Waals surface area contributed by atoms with E-state index in [1.807, 2.05) is 12.1 Å². The Bertz CT molecular complexity index is 713. The minimum absolute atomic E-state index is 0.0945. The molecule has 174 valence electrons. The second kappa shape index (κ2) is 11.3. The van der Waals surface area contributed by atoms with Crippen molar-refractivity contribution in [2.45, 2.75) is 104 Å². The third-order valence-corrected chi connectivity index (χ3v) is 4.56. The molecule has 0 spiro atoms. The van der Waals surface area contributed by atoms with Crippen molar-refractivity contribution in [2.75, 3.05) is 0 Å². The standard InChI is InChI=1S/C24H38N2O5/c1-22(2,3)30-20(27)12-14-24(7,15-13-21(28)31-23(4,5)6)26(29)17-9-11-19-10-8-16-25-18-19/h8,10,16-18H,9,11-15H2,1-7H3/b26-17-. The smallest absolute Gasteiger partial charge is 0.306 e. The molecule has 0 aliphatic heterocycles. The quantitative estimate of drug-likeness (QED) is 0.176.